The number of rotatable bonds is 5. The first-order valence-electron chi connectivity index (χ1n) is 11.4. The van der Waals surface area contributed by atoms with Gasteiger partial charge in [0.05, 0.1) is 35.7 Å². The fourth-order valence-electron chi connectivity index (χ4n) is 5.41. The van der Waals surface area contributed by atoms with E-state index in [9.17, 15) is 13.6 Å². The third-order valence-electron chi connectivity index (χ3n) is 7.68. The lowest BCUT2D eigenvalue weighted by molar-refractivity contribution is -0.0484. The Morgan fingerprint density at radius 3 is 2.52 bits per heavy atom. The van der Waals surface area contributed by atoms with Gasteiger partial charge in [-0.1, -0.05) is 0 Å². The van der Waals surface area contributed by atoms with Crippen molar-refractivity contribution in [2.45, 2.75) is 74.9 Å². The van der Waals surface area contributed by atoms with Crippen LogP contribution in [0.15, 0.2) is 18.5 Å². The lowest BCUT2D eigenvalue weighted by Gasteiger charge is -2.31. The molecule has 0 radical (unpaired) electrons. The summed E-state index contributed by atoms with van der Waals surface area (Å²) in [5.74, 6) is -2.10. The molecule has 0 bridgehead atoms. The summed E-state index contributed by atoms with van der Waals surface area (Å²) in [6.07, 6.45) is 8.59. The van der Waals surface area contributed by atoms with Gasteiger partial charge in [0.25, 0.3) is 0 Å². The highest BCUT2D eigenvalue weighted by Crippen LogP contribution is 2.49. The first kappa shape index (κ1) is 19.4. The second-order valence-corrected chi connectivity index (χ2v) is 10.1. The number of hydrogen-bond acceptors (Lipinski definition) is 4. The molecule has 166 valence electrons. The van der Waals surface area contributed by atoms with Crippen molar-refractivity contribution in [1.82, 2.24) is 24.8 Å². The summed E-state index contributed by atoms with van der Waals surface area (Å²) in [6.45, 7) is 0.759. The topological polar surface area (TPSA) is 88.5 Å². The van der Waals surface area contributed by atoms with E-state index in [1.807, 2.05) is 23.4 Å². The van der Waals surface area contributed by atoms with Gasteiger partial charge in [0.15, 0.2) is 5.65 Å². The minimum absolute atomic E-state index is 0.00578. The molecule has 0 aromatic carbocycles. The second-order valence-electron chi connectivity index (χ2n) is 10.1. The van der Waals surface area contributed by atoms with Crippen molar-refractivity contribution in [3.8, 4) is 0 Å². The number of nitrogens with zero attached hydrogens (tertiary/aromatic N) is 4. The third kappa shape index (κ3) is 3.46. The van der Waals surface area contributed by atoms with Crippen molar-refractivity contribution >= 4 is 11.7 Å². The Morgan fingerprint density at radius 1 is 1.13 bits per heavy atom. The first-order chi connectivity index (χ1) is 14.8. The predicted octanol–water partition coefficient (Wildman–Crippen LogP) is 3.56. The monoisotopic (exact) mass is 430 g/mol. The maximum atomic E-state index is 13.5. The van der Waals surface area contributed by atoms with E-state index in [4.69, 9.17) is 10.7 Å². The van der Waals surface area contributed by atoms with E-state index < -0.39 is 5.92 Å². The number of nitrogens with two attached hydrogens (primary N) is 1. The van der Waals surface area contributed by atoms with Gasteiger partial charge in [0, 0.05) is 19.4 Å². The SMILES string of the molecule is NC(c1cn2ncc([C@@H](C3CC3)N3CC4(CC4)NC3=O)cc2n1)C1CCC(F)(F)CC1. The van der Waals surface area contributed by atoms with Crippen molar-refractivity contribution < 1.29 is 13.6 Å². The summed E-state index contributed by atoms with van der Waals surface area (Å²) in [4.78, 5) is 19.3. The van der Waals surface area contributed by atoms with Crippen molar-refractivity contribution in [2.75, 3.05) is 6.54 Å². The molecule has 4 aliphatic rings. The van der Waals surface area contributed by atoms with Crippen molar-refractivity contribution in [3.63, 3.8) is 0 Å². The van der Waals surface area contributed by atoms with Gasteiger partial charge in [-0.15, -0.1) is 0 Å². The number of urea groups is 1. The molecule has 1 saturated heterocycles. The van der Waals surface area contributed by atoms with Gasteiger partial charge in [-0.3, -0.25) is 0 Å². The van der Waals surface area contributed by atoms with Gasteiger partial charge in [0.1, 0.15) is 0 Å². The second kappa shape index (κ2) is 6.60. The standard InChI is InChI=1S/C22H28F2N6O/c23-22(24)5-3-13(4-6-22)18(25)16-11-30-17(27-16)9-15(10-26-30)19(14-1-2-14)29-12-21(7-8-21)28-20(29)31/h9-11,13-14,18-19H,1-8,12,25H2,(H,28,31)/t18?,19-/m1/s1. The van der Waals surface area contributed by atoms with E-state index in [-0.39, 0.29) is 42.4 Å². The number of aromatic nitrogens is 3. The van der Waals surface area contributed by atoms with Crippen LogP contribution in [-0.4, -0.2) is 43.5 Å². The average molecular weight is 431 g/mol. The summed E-state index contributed by atoms with van der Waals surface area (Å²) >= 11 is 0. The summed E-state index contributed by atoms with van der Waals surface area (Å²) in [5.41, 5.74) is 8.80. The highest BCUT2D eigenvalue weighted by atomic mass is 19.3. The van der Waals surface area contributed by atoms with Crippen LogP contribution < -0.4 is 11.1 Å². The lowest BCUT2D eigenvalue weighted by atomic mass is 9.81. The van der Waals surface area contributed by atoms with Crippen LogP contribution in [-0.2, 0) is 0 Å². The number of amides is 2. The Bertz CT molecular complexity index is 1020. The van der Waals surface area contributed by atoms with E-state index in [0.717, 1.165) is 37.8 Å². The number of carbonyl (C=O) groups is 1. The van der Waals surface area contributed by atoms with Gasteiger partial charge in [-0.05, 0) is 62.0 Å². The number of carbonyl (C=O) groups excluding carboxylic acids is 1. The molecule has 4 fully saturated rings. The average Bonchev–Trinajstić information content (AvgIpc) is 3.63. The van der Waals surface area contributed by atoms with E-state index >= 15 is 0 Å². The Balaban J connectivity index is 1.25. The third-order valence-corrected chi connectivity index (χ3v) is 7.68. The van der Waals surface area contributed by atoms with Crippen molar-refractivity contribution in [2.24, 2.45) is 17.6 Å². The zero-order valence-corrected chi connectivity index (χ0v) is 17.4. The molecule has 2 atom stereocenters. The maximum Gasteiger partial charge on any atom is 0.318 e. The summed E-state index contributed by atoms with van der Waals surface area (Å²) in [5, 5.41) is 7.71. The molecule has 3 saturated carbocycles. The number of hydrogen-bond donors (Lipinski definition) is 2. The normalized spacial score (nSPS) is 26.9. The molecule has 1 spiro atoms. The van der Waals surface area contributed by atoms with Crippen LogP contribution in [0, 0.1) is 11.8 Å². The molecule has 2 aromatic rings. The van der Waals surface area contributed by atoms with E-state index in [2.05, 4.69) is 10.4 Å². The molecule has 3 N–H and O–H groups in total. The Hall–Kier alpha value is -2.29. The molecular formula is C22H28F2N6O. The largest absolute Gasteiger partial charge is 0.331 e. The first-order valence-corrected chi connectivity index (χ1v) is 11.4. The molecule has 6 rings (SSSR count). The zero-order chi connectivity index (χ0) is 21.4. The summed E-state index contributed by atoms with van der Waals surface area (Å²) < 4.78 is 28.7. The zero-order valence-electron chi connectivity index (χ0n) is 17.4. The minimum atomic E-state index is -2.57. The summed E-state index contributed by atoms with van der Waals surface area (Å²) in [6, 6.07) is 1.67. The number of fused-ring (bicyclic) bond motifs is 1. The summed E-state index contributed by atoms with van der Waals surface area (Å²) in [7, 11) is 0. The fraction of sp³-hybridized carbons (Fsp3) is 0.682. The number of halogens is 2. The van der Waals surface area contributed by atoms with Crippen LogP contribution >= 0.6 is 0 Å². The van der Waals surface area contributed by atoms with E-state index in [1.165, 1.54) is 0 Å². The van der Waals surface area contributed by atoms with Gasteiger partial charge < -0.3 is 16.0 Å². The molecule has 1 aliphatic heterocycles. The minimum Gasteiger partial charge on any atom is -0.331 e. The molecular weight excluding hydrogens is 402 g/mol. The molecule has 3 aliphatic carbocycles. The maximum absolute atomic E-state index is 13.5. The van der Waals surface area contributed by atoms with Crippen LogP contribution in [0.3, 0.4) is 0 Å². The van der Waals surface area contributed by atoms with Gasteiger partial charge in [-0.2, -0.15) is 5.10 Å². The van der Waals surface area contributed by atoms with Gasteiger partial charge >= 0.3 is 6.03 Å². The van der Waals surface area contributed by atoms with Crippen LogP contribution in [0.4, 0.5) is 13.6 Å². The predicted molar refractivity (Wildman–Crippen MR) is 109 cm³/mol. The fourth-order valence-corrected chi connectivity index (χ4v) is 5.41. The van der Waals surface area contributed by atoms with Crippen molar-refractivity contribution in [1.29, 1.82) is 0 Å². The van der Waals surface area contributed by atoms with E-state index in [0.29, 0.717) is 30.1 Å². The molecule has 3 heterocycles. The Morgan fingerprint density at radius 2 is 1.87 bits per heavy atom. The lowest BCUT2D eigenvalue weighted by Crippen LogP contribution is -2.33. The Labute approximate surface area is 179 Å². The highest BCUT2D eigenvalue weighted by molar-refractivity contribution is 5.79. The number of nitrogens with one attached hydrogen (secondary N) is 1. The van der Waals surface area contributed by atoms with Gasteiger partial charge in [0.2, 0.25) is 5.92 Å². The van der Waals surface area contributed by atoms with Gasteiger partial charge in [-0.25, -0.2) is 23.1 Å². The smallest absolute Gasteiger partial charge is 0.318 e. The number of alkyl halides is 2. The molecule has 2 amide bonds. The quantitative estimate of drug-likeness (QED) is 0.759. The number of imidazole rings is 1. The van der Waals surface area contributed by atoms with Crippen LogP contribution in [0.2, 0.25) is 0 Å². The van der Waals surface area contributed by atoms with Crippen molar-refractivity contribution in [3.05, 3.63) is 29.7 Å². The molecule has 1 unspecified atom stereocenters. The highest BCUT2D eigenvalue weighted by Gasteiger charge is 2.54. The Kier molecular flexibility index (Phi) is 4.13. The van der Waals surface area contributed by atoms with Crippen LogP contribution in [0.25, 0.3) is 5.65 Å². The van der Waals surface area contributed by atoms with Crippen LogP contribution in [0.5, 0.6) is 0 Å². The molecule has 7 nitrogen and oxygen atoms in total. The molecule has 9 heteroatoms. The molecule has 2 aromatic heterocycles. The van der Waals surface area contributed by atoms with E-state index in [1.54, 1.807) is 4.52 Å². The molecule has 31 heavy (non-hydrogen) atoms. The van der Waals surface area contributed by atoms with Crippen LogP contribution in [0.1, 0.15) is 74.7 Å².